The molecule has 0 bridgehead atoms. The van der Waals surface area contributed by atoms with E-state index in [1.807, 2.05) is 11.9 Å². The van der Waals surface area contributed by atoms with E-state index in [1.165, 1.54) is 49.6 Å². The Morgan fingerprint density at radius 2 is 1.88 bits per heavy atom. The van der Waals surface area contributed by atoms with Crippen molar-refractivity contribution in [3.8, 4) is 11.5 Å². The zero-order valence-corrected chi connectivity index (χ0v) is 18.5. The van der Waals surface area contributed by atoms with E-state index in [0.29, 0.717) is 17.9 Å². The lowest BCUT2D eigenvalue weighted by Crippen LogP contribution is -2.20. The predicted octanol–water partition coefficient (Wildman–Crippen LogP) is 1.62. The van der Waals surface area contributed by atoms with Crippen molar-refractivity contribution >= 4 is 33.4 Å². The second-order valence-electron chi connectivity index (χ2n) is 7.11. The molecule has 0 aliphatic carbocycles. The number of hydrogen-bond acceptors (Lipinski definition) is 6. The van der Waals surface area contributed by atoms with E-state index in [1.54, 1.807) is 0 Å². The molecular formula is C21H24N4O6S. The van der Waals surface area contributed by atoms with Gasteiger partial charge in [-0.15, -0.1) is 4.40 Å². The lowest BCUT2D eigenvalue weighted by atomic mass is 10.2. The minimum Gasteiger partial charge on any atom is -0.493 e. The number of primary amides is 1. The van der Waals surface area contributed by atoms with Crippen LogP contribution in [0.15, 0.2) is 51.8 Å². The topological polar surface area (TPSA) is 140 Å². The monoisotopic (exact) mass is 460 g/mol. The van der Waals surface area contributed by atoms with Gasteiger partial charge in [-0.3, -0.25) is 9.59 Å². The summed E-state index contributed by atoms with van der Waals surface area (Å²) in [5, 5.41) is 2.69. The fourth-order valence-electron chi connectivity index (χ4n) is 3.09. The van der Waals surface area contributed by atoms with Gasteiger partial charge < -0.3 is 25.4 Å². The number of sulfonamides is 1. The molecule has 1 saturated heterocycles. The Kier molecular flexibility index (Phi) is 6.98. The zero-order chi connectivity index (χ0) is 23.3. The molecule has 2 aromatic rings. The molecule has 0 atom stereocenters. The molecule has 3 rings (SSSR count). The summed E-state index contributed by atoms with van der Waals surface area (Å²) in [7, 11) is -0.616. The second kappa shape index (κ2) is 9.69. The first-order valence-corrected chi connectivity index (χ1v) is 11.2. The number of nitrogens with zero attached hydrogens (tertiary/aromatic N) is 2. The average molecular weight is 461 g/mol. The molecule has 1 fully saturated rings. The zero-order valence-electron chi connectivity index (χ0n) is 17.7. The third-order valence-corrected chi connectivity index (χ3v) is 6.08. The molecule has 0 unspecified atom stereocenters. The first-order valence-electron chi connectivity index (χ1n) is 9.75. The molecule has 0 aromatic heterocycles. The van der Waals surface area contributed by atoms with E-state index < -0.39 is 21.8 Å². The van der Waals surface area contributed by atoms with E-state index in [0.717, 1.165) is 13.0 Å². The van der Waals surface area contributed by atoms with Crippen molar-refractivity contribution in [2.75, 3.05) is 32.6 Å². The van der Waals surface area contributed by atoms with Crippen LogP contribution in [0.3, 0.4) is 0 Å². The summed E-state index contributed by atoms with van der Waals surface area (Å²) in [5.41, 5.74) is 5.75. The number of amides is 2. The summed E-state index contributed by atoms with van der Waals surface area (Å²) in [6.07, 6.45) is 1.50. The predicted molar refractivity (Wildman–Crippen MR) is 119 cm³/mol. The Labute approximate surface area is 186 Å². The number of benzene rings is 2. The minimum atomic E-state index is -3.83. The van der Waals surface area contributed by atoms with Gasteiger partial charge in [-0.05, 0) is 48.9 Å². The molecule has 10 nitrogen and oxygen atoms in total. The minimum absolute atomic E-state index is 0.0425. The van der Waals surface area contributed by atoms with Gasteiger partial charge in [0.05, 0.1) is 12.0 Å². The Bertz CT molecular complexity index is 1150. The second-order valence-corrected chi connectivity index (χ2v) is 8.71. The molecule has 0 radical (unpaired) electrons. The van der Waals surface area contributed by atoms with Crippen LogP contribution in [0.4, 0.5) is 5.69 Å². The highest BCUT2D eigenvalue weighted by Crippen LogP contribution is 2.28. The molecule has 0 spiro atoms. The number of nitrogens with two attached hydrogens (primary N) is 1. The van der Waals surface area contributed by atoms with E-state index in [4.69, 9.17) is 15.2 Å². The number of amidine groups is 1. The van der Waals surface area contributed by atoms with Crippen molar-refractivity contribution in [1.29, 1.82) is 0 Å². The maximum Gasteiger partial charge on any atom is 0.283 e. The Morgan fingerprint density at radius 1 is 1.16 bits per heavy atom. The van der Waals surface area contributed by atoms with E-state index in [-0.39, 0.29) is 28.6 Å². The number of likely N-dealkylation sites (tertiary alicyclic amines) is 1. The average Bonchev–Trinajstić information content (AvgIpc) is 3.16. The lowest BCUT2D eigenvalue weighted by molar-refractivity contribution is -0.119. The molecule has 1 aliphatic rings. The summed E-state index contributed by atoms with van der Waals surface area (Å²) in [5.74, 6) is -0.00276. The lowest BCUT2D eigenvalue weighted by Gasteiger charge is -2.12. The van der Waals surface area contributed by atoms with Crippen LogP contribution in [0, 0.1) is 0 Å². The molecule has 2 aromatic carbocycles. The number of nitrogens with one attached hydrogen (secondary N) is 1. The smallest absolute Gasteiger partial charge is 0.283 e. The molecule has 11 heteroatoms. The number of carbonyl (C=O) groups excluding carboxylic acids is 2. The van der Waals surface area contributed by atoms with Gasteiger partial charge in [0, 0.05) is 31.3 Å². The highest BCUT2D eigenvalue weighted by Gasteiger charge is 2.20. The van der Waals surface area contributed by atoms with Gasteiger partial charge in [-0.25, -0.2) is 0 Å². The Hall–Kier alpha value is -3.60. The molecule has 32 heavy (non-hydrogen) atoms. The highest BCUT2D eigenvalue weighted by molar-refractivity contribution is 7.90. The van der Waals surface area contributed by atoms with Crippen LogP contribution >= 0.6 is 0 Å². The fraction of sp³-hybridized carbons (Fsp3) is 0.286. The molecular weight excluding hydrogens is 436 g/mol. The molecule has 3 N–H and O–H groups in total. The van der Waals surface area contributed by atoms with Gasteiger partial charge in [0.1, 0.15) is 5.84 Å². The van der Waals surface area contributed by atoms with Gasteiger partial charge in [0.15, 0.2) is 18.1 Å². The summed E-state index contributed by atoms with van der Waals surface area (Å²) < 4.78 is 39.4. The van der Waals surface area contributed by atoms with E-state index in [2.05, 4.69) is 9.71 Å². The largest absolute Gasteiger partial charge is 0.493 e. The van der Waals surface area contributed by atoms with Gasteiger partial charge >= 0.3 is 0 Å². The Balaban J connectivity index is 1.71. The number of anilines is 1. The van der Waals surface area contributed by atoms with Crippen LogP contribution in [0.2, 0.25) is 0 Å². The molecule has 0 saturated carbocycles. The van der Waals surface area contributed by atoms with Crippen LogP contribution in [-0.2, 0) is 14.8 Å². The highest BCUT2D eigenvalue weighted by atomic mass is 32.2. The van der Waals surface area contributed by atoms with Gasteiger partial charge in [0.2, 0.25) is 0 Å². The van der Waals surface area contributed by atoms with Crippen molar-refractivity contribution in [1.82, 2.24) is 4.90 Å². The van der Waals surface area contributed by atoms with Crippen molar-refractivity contribution in [2.45, 2.75) is 17.7 Å². The number of carbonyl (C=O) groups is 2. The van der Waals surface area contributed by atoms with Gasteiger partial charge in [-0.1, -0.05) is 0 Å². The normalized spacial score (nSPS) is 14.9. The maximum absolute atomic E-state index is 12.6. The van der Waals surface area contributed by atoms with Crippen LogP contribution in [0.1, 0.15) is 23.2 Å². The van der Waals surface area contributed by atoms with E-state index in [9.17, 15) is 18.0 Å². The number of hydrogen-bond donors (Lipinski definition) is 2. The van der Waals surface area contributed by atoms with Crippen LogP contribution in [-0.4, -0.2) is 58.3 Å². The number of ether oxygens (including phenoxy) is 2. The van der Waals surface area contributed by atoms with Crippen molar-refractivity contribution in [3.63, 3.8) is 0 Å². The van der Waals surface area contributed by atoms with Gasteiger partial charge in [0.25, 0.3) is 21.8 Å². The summed E-state index contributed by atoms with van der Waals surface area (Å²) in [6.45, 7) is 0.460. The third kappa shape index (κ3) is 5.55. The Morgan fingerprint density at radius 3 is 2.47 bits per heavy atom. The SMILES string of the molecule is COc1cc(C(=O)Nc2ccc(S(=O)(=O)/N=C3/CCCN3C)cc2)ccc1OCC(N)=O. The number of methoxy groups -OCH3 is 1. The molecule has 2 amide bonds. The van der Waals surface area contributed by atoms with Crippen LogP contribution in [0.25, 0.3) is 0 Å². The quantitative estimate of drug-likeness (QED) is 0.610. The summed E-state index contributed by atoms with van der Waals surface area (Å²) in [6, 6.07) is 10.2. The summed E-state index contributed by atoms with van der Waals surface area (Å²) in [4.78, 5) is 25.3. The molecule has 1 heterocycles. The van der Waals surface area contributed by atoms with Crippen molar-refractivity contribution < 1.29 is 27.5 Å². The first kappa shape index (κ1) is 23.1. The number of rotatable bonds is 8. The van der Waals surface area contributed by atoms with E-state index >= 15 is 0 Å². The molecule has 1 aliphatic heterocycles. The fourth-order valence-corrected chi connectivity index (χ4v) is 4.19. The summed E-state index contributed by atoms with van der Waals surface area (Å²) >= 11 is 0. The first-order chi connectivity index (χ1) is 15.2. The molecule has 170 valence electrons. The van der Waals surface area contributed by atoms with Crippen LogP contribution in [0.5, 0.6) is 11.5 Å². The maximum atomic E-state index is 12.6. The van der Waals surface area contributed by atoms with Crippen LogP contribution < -0.4 is 20.5 Å². The third-order valence-electron chi connectivity index (χ3n) is 4.77. The van der Waals surface area contributed by atoms with Gasteiger partial charge in [-0.2, -0.15) is 8.42 Å². The standard InChI is InChI=1S/C21H24N4O6S/c1-25-11-3-4-20(25)24-32(28,29)16-8-6-15(7-9-16)23-21(27)14-5-10-17(18(12-14)30-2)31-13-19(22)26/h5-10,12H,3-4,11,13H2,1-2H3,(H2,22,26)(H,23,27)/b24-20-. The van der Waals surface area contributed by atoms with Crippen molar-refractivity contribution in [2.24, 2.45) is 10.1 Å². The van der Waals surface area contributed by atoms with Crippen molar-refractivity contribution in [3.05, 3.63) is 48.0 Å².